The van der Waals surface area contributed by atoms with Crippen molar-refractivity contribution in [3.05, 3.63) is 82.7 Å². The van der Waals surface area contributed by atoms with Gasteiger partial charge in [0.25, 0.3) is 0 Å². The summed E-state index contributed by atoms with van der Waals surface area (Å²) in [6, 6.07) is 14.9. The molecule has 0 spiro atoms. The molecule has 3 aromatic rings. The minimum atomic E-state index is -0.361. The Morgan fingerprint density at radius 1 is 1.19 bits per heavy atom. The number of aryl methyl sites for hydroxylation is 2. The molecular weight excluding hydrogens is 341 g/mol. The number of aromatic amines is 1. The molecule has 5 heteroatoms. The molecule has 0 bridgehead atoms. The van der Waals surface area contributed by atoms with E-state index in [9.17, 15) is 4.39 Å². The summed E-state index contributed by atoms with van der Waals surface area (Å²) in [5.74, 6) is 1.59. The molecule has 0 saturated carbocycles. The van der Waals surface area contributed by atoms with Crippen molar-refractivity contribution in [3.8, 4) is 5.75 Å². The Balaban J connectivity index is 1.67. The Labute approximate surface area is 159 Å². The van der Waals surface area contributed by atoms with Crippen LogP contribution in [0.4, 0.5) is 4.39 Å². The summed E-state index contributed by atoms with van der Waals surface area (Å²) < 4.78 is 20.7. The normalized spacial score (nSPS) is 17.2. The first-order valence-electron chi connectivity index (χ1n) is 9.39. The van der Waals surface area contributed by atoms with Crippen LogP contribution in [0.15, 0.2) is 48.5 Å². The van der Waals surface area contributed by atoms with Gasteiger partial charge in [-0.05, 0) is 19.1 Å². The van der Waals surface area contributed by atoms with E-state index in [-0.39, 0.29) is 11.9 Å². The fourth-order valence-electron chi connectivity index (χ4n) is 3.59. The van der Waals surface area contributed by atoms with Crippen molar-refractivity contribution >= 4 is 0 Å². The van der Waals surface area contributed by atoms with E-state index in [1.165, 1.54) is 6.07 Å². The number of fused-ring (bicyclic) bond motifs is 1. The van der Waals surface area contributed by atoms with Crippen LogP contribution in [0.25, 0.3) is 0 Å². The number of aromatic nitrogens is 2. The number of H-pyrrole nitrogens is 1. The van der Waals surface area contributed by atoms with E-state index in [1.807, 2.05) is 24.3 Å². The van der Waals surface area contributed by atoms with Gasteiger partial charge in [0.15, 0.2) is 0 Å². The van der Waals surface area contributed by atoms with Gasteiger partial charge in [-0.1, -0.05) is 43.3 Å². The van der Waals surface area contributed by atoms with Crippen molar-refractivity contribution in [2.45, 2.75) is 39.5 Å². The SMILES string of the molecule is CCc1nc(CN2Cc3ccccc3O[C@H](c3ccccc3F)C2)c(C)[nH]1. The molecule has 0 aliphatic carbocycles. The minimum absolute atomic E-state index is 0.231. The summed E-state index contributed by atoms with van der Waals surface area (Å²) in [5.41, 5.74) is 3.83. The van der Waals surface area contributed by atoms with Gasteiger partial charge in [0, 0.05) is 42.9 Å². The van der Waals surface area contributed by atoms with Crippen molar-refractivity contribution in [1.29, 1.82) is 0 Å². The van der Waals surface area contributed by atoms with Crippen LogP contribution in [0.1, 0.15) is 41.4 Å². The third-order valence-electron chi connectivity index (χ3n) is 5.05. The van der Waals surface area contributed by atoms with Crippen molar-refractivity contribution in [1.82, 2.24) is 14.9 Å². The highest BCUT2D eigenvalue weighted by molar-refractivity contribution is 5.35. The number of hydrogen-bond acceptors (Lipinski definition) is 3. The van der Waals surface area contributed by atoms with Crippen LogP contribution in [0.5, 0.6) is 5.75 Å². The highest BCUT2D eigenvalue weighted by Crippen LogP contribution is 2.32. The van der Waals surface area contributed by atoms with Gasteiger partial charge in [0.1, 0.15) is 23.5 Å². The van der Waals surface area contributed by atoms with Crippen LogP contribution >= 0.6 is 0 Å². The number of ether oxygens (including phenoxy) is 1. The largest absolute Gasteiger partial charge is 0.484 e. The Kier molecular flexibility index (Phi) is 4.94. The molecule has 4 nitrogen and oxygen atoms in total. The predicted molar refractivity (Wildman–Crippen MR) is 103 cm³/mol. The average Bonchev–Trinajstić information content (AvgIpc) is 2.92. The molecule has 2 aromatic carbocycles. The van der Waals surface area contributed by atoms with E-state index in [0.29, 0.717) is 18.7 Å². The molecule has 0 radical (unpaired) electrons. The molecule has 1 aliphatic rings. The zero-order chi connectivity index (χ0) is 18.8. The van der Waals surface area contributed by atoms with Gasteiger partial charge >= 0.3 is 0 Å². The number of halogens is 1. The number of hydrogen-bond donors (Lipinski definition) is 1. The highest BCUT2D eigenvalue weighted by Gasteiger charge is 2.26. The summed E-state index contributed by atoms with van der Waals surface area (Å²) in [7, 11) is 0. The smallest absolute Gasteiger partial charge is 0.139 e. The fraction of sp³-hybridized carbons (Fsp3) is 0.318. The Bertz CT molecular complexity index is 937. The van der Waals surface area contributed by atoms with E-state index in [4.69, 9.17) is 9.72 Å². The lowest BCUT2D eigenvalue weighted by atomic mass is 10.1. The second-order valence-electron chi connectivity index (χ2n) is 7.01. The number of nitrogens with zero attached hydrogens (tertiary/aromatic N) is 2. The van der Waals surface area contributed by atoms with Gasteiger partial charge in [-0.3, -0.25) is 4.90 Å². The molecule has 27 heavy (non-hydrogen) atoms. The molecule has 0 amide bonds. The number of benzene rings is 2. The molecule has 140 valence electrons. The third-order valence-corrected chi connectivity index (χ3v) is 5.05. The second-order valence-corrected chi connectivity index (χ2v) is 7.01. The van der Waals surface area contributed by atoms with E-state index >= 15 is 0 Å². The first-order chi connectivity index (χ1) is 13.1. The average molecular weight is 365 g/mol. The number of rotatable bonds is 4. The maximum atomic E-state index is 14.4. The van der Waals surface area contributed by atoms with Gasteiger partial charge < -0.3 is 9.72 Å². The number of imidazole rings is 1. The van der Waals surface area contributed by atoms with Crippen LogP contribution in [0.2, 0.25) is 0 Å². The quantitative estimate of drug-likeness (QED) is 0.737. The Morgan fingerprint density at radius 3 is 2.74 bits per heavy atom. The molecule has 0 unspecified atom stereocenters. The zero-order valence-electron chi connectivity index (χ0n) is 15.7. The van der Waals surface area contributed by atoms with Crippen LogP contribution in [0.3, 0.4) is 0 Å². The van der Waals surface area contributed by atoms with Gasteiger partial charge in [0.2, 0.25) is 0 Å². The molecule has 4 rings (SSSR count). The summed E-state index contributed by atoms with van der Waals surface area (Å²) in [4.78, 5) is 10.3. The molecule has 0 saturated heterocycles. The summed E-state index contributed by atoms with van der Waals surface area (Å²) in [5, 5.41) is 0. The van der Waals surface area contributed by atoms with Crippen molar-refractivity contribution in [3.63, 3.8) is 0 Å². The van der Waals surface area contributed by atoms with Gasteiger partial charge in [0.05, 0.1) is 5.69 Å². The summed E-state index contributed by atoms with van der Waals surface area (Å²) in [6.07, 6.45) is 0.518. The Morgan fingerprint density at radius 2 is 1.96 bits per heavy atom. The van der Waals surface area contributed by atoms with Crippen molar-refractivity contribution < 1.29 is 9.13 Å². The van der Waals surface area contributed by atoms with Crippen LogP contribution < -0.4 is 4.74 Å². The van der Waals surface area contributed by atoms with E-state index in [1.54, 1.807) is 12.1 Å². The first-order valence-corrected chi connectivity index (χ1v) is 9.39. The molecule has 1 N–H and O–H groups in total. The lowest BCUT2D eigenvalue weighted by Gasteiger charge is -2.24. The monoisotopic (exact) mass is 365 g/mol. The lowest BCUT2D eigenvalue weighted by Crippen LogP contribution is -2.28. The topological polar surface area (TPSA) is 41.2 Å². The maximum absolute atomic E-state index is 14.4. The van der Waals surface area contributed by atoms with Gasteiger partial charge in [-0.15, -0.1) is 0 Å². The number of para-hydroxylation sites is 1. The van der Waals surface area contributed by atoms with Gasteiger partial charge in [-0.25, -0.2) is 9.37 Å². The second kappa shape index (κ2) is 7.53. The summed E-state index contributed by atoms with van der Waals surface area (Å²) in [6.45, 7) is 6.19. The Hall–Kier alpha value is -2.66. The van der Waals surface area contributed by atoms with Crippen LogP contribution in [0, 0.1) is 12.7 Å². The lowest BCUT2D eigenvalue weighted by molar-refractivity contribution is 0.140. The molecule has 0 fully saturated rings. The zero-order valence-corrected chi connectivity index (χ0v) is 15.7. The molecule has 1 atom stereocenters. The highest BCUT2D eigenvalue weighted by atomic mass is 19.1. The van der Waals surface area contributed by atoms with Crippen LogP contribution in [-0.4, -0.2) is 21.4 Å². The van der Waals surface area contributed by atoms with Crippen molar-refractivity contribution in [2.24, 2.45) is 0 Å². The predicted octanol–water partition coefficient (Wildman–Crippen LogP) is 4.56. The molecule has 1 aromatic heterocycles. The van der Waals surface area contributed by atoms with E-state index in [0.717, 1.165) is 41.5 Å². The molecular formula is C22H24FN3O. The minimum Gasteiger partial charge on any atom is -0.484 e. The molecule has 2 heterocycles. The third kappa shape index (κ3) is 3.74. The summed E-state index contributed by atoms with van der Waals surface area (Å²) >= 11 is 0. The molecule has 1 aliphatic heterocycles. The van der Waals surface area contributed by atoms with E-state index < -0.39 is 0 Å². The first kappa shape index (κ1) is 17.7. The van der Waals surface area contributed by atoms with Crippen LogP contribution in [-0.2, 0) is 19.5 Å². The maximum Gasteiger partial charge on any atom is 0.139 e. The van der Waals surface area contributed by atoms with Gasteiger partial charge in [-0.2, -0.15) is 0 Å². The van der Waals surface area contributed by atoms with E-state index in [2.05, 4.69) is 29.8 Å². The standard InChI is InChI=1S/C22H24FN3O/c1-3-22-24-15(2)19(25-22)13-26-12-16-8-4-7-11-20(16)27-21(14-26)17-9-5-6-10-18(17)23/h4-11,21H,3,12-14H2,1-2H3,(H,24,25)/t21-/m0/s1. The van der Waals surface area contributed by atoms with Crippen molar-refractivity contribution in [2.75, 3.05) is 6.54 Å². The number of nitrogens with one attached hydrogen (secondary N) is 1. The fourth-order valence-corrected chi connectivity index (χ4v) is 3.59.